The van der Waals surface area contributed by atoms with E-state index in [1.54, 1.807) is 11.8 Å². The van der Waals surface area contributed by atoms with E-state index in [2.05, 4.69) is 0 Å². The van der Waals surface area contributed by atoms with Gasteiger partial charge < -0.3 is 14.4 Å². The Morgan fingerprint density at radius 1 is 1.53 bits per heavy atom. The highest BCUT2D eigenvalue weighted by Crippen LogP contribution is 2.32. The van der Waals surface area contributed by atoms with Gasteiger partial charge in [0.25, 0.3) is 0 Å². The predicted molar refractivity (Wildman–Crippen MR) is 77.5 cm³/mol. The first-order valence-electron chi connectivity index (χ1n) is 6.92. The Morgan fingerprint density at radius 3 is 2.84 bits per heavy atom. The van der Waals surface area contributed by atoms with Crippen LogP contribution in [0, 0.1) is 5.41 Å². The van der Waals surface area contributed by atoms with Crippen molar-refractivity contribution in [3.63, 3.8) is 0 Å². The monoisotopic (exact) mass is 287 g/mol. The van der Waals surface area contributed by atoms with E-state index in [0.717, 1.165) is 18.8 Å². The first-order chi connectivity index (χ1) is 8.88. The minimum Gasteiger partial charge on any atom is -0.378 e. The van der Waals surface area contributed by atoms with Gasteiger partial charge in [-0.2, -0.15) is 11.8 Å². The lowest BCUT2D eigenvalue weighted by Crippen LogP contribution is -2.59. The maximum absolute atomic E-state index is 12.7. The maximum atomic E-state index is 12.7. The summed E-state index contributed by atoms with van der Waals surface area (Å²) in [6.07, 6.45) is 3.03. The van der Waals surface area contributed by atoms with Crippen molar-refractivity contribution >= 4 is 17.7 Å². The van der Waals surface area contributed by atoms with Gasteiger partial charge in [0, 0.05) is 25.3 Å². The molecule has 0 N–H and O–H groups in total. The van der Waals surface area contributed by atoms with E-state index in [1.807, 2.05) is 31.9 Å². The number of ether oxygens (including phenoxy) is 2. The van der Waals surface area contributed by atoms with Crippen LogP contribution in [0.3, 0.4) is 0 Å². The SMILES string of the molecule is CSCC(C)(C)C(=O)N1C[C@@H](C)O[C@]2(CCOC2)C1. The molecule has 0 aliphatic carbocycles. The number of thioether (sulfide) groups is 1. The Bertz CT molecular complexity index is 340. The van der Waals surface area contributed by atoms with Gasteiger partial charge >= 0.3 is 0 Å². The van der Waals surface area contributed by atoms with Gasteiger partial charge in [-0.25, -0.2) is 0 Å². The van der Waals surface area contributed by atoms with Crippen molar-refractivity contribution in [3.05, 3.63) is 0 Å². The highest BCUT2D eigenvalue weighted by molar-refractivity contribution is 7.98. The summed E-state index contributed by atoms with van der Waals surface area (Å²) in [5.41, 5.74) is -0.570. The fraction of sp³-hybridized carbons (Fsp3) is 0.929. The third-order valence-electron chi connectivity index (χ3n) is 3.85. The van der Waals surface area contributed by atoms with E-state index in [1.165, 1.54) is 0 Å². The highest BCUT2D eigenvalue weighted by atomic mass is 32.2. The van der Waals surface area contributed by atoms with Gasteiger partial charge in [-0.1, -0.05) is 13.8 Å². The summed E-state index contributed by atoms with van der Waals surface area (Å²) in [6.45, 7) is 8.83. The quantitative estimate of drug-likeness (QED) is 0.793. The molecular formula is C14H25NO3S. The van der Waals surface area contributed by atoms with Crippen molar-refractivity contribution in [2.45, 2.75) is 38.9 Å². The molecule has 2 aliphatic heterocycles. The normalized spacial score (nSPS) is 32.0. The Hall–Kier alpha value is -0.260. The molecule has 19 heavy (non-hydrogen) atoms. The lowest BCUT2D eigenvalue weighted by Gasteiger charge is -2.45. The number of carbonyl (C=O) groups is 1. The molecule has 0 aromatic heterocycles. The van der Waals surface area contributed by atoms with Crippen LogP contribution >= 0.6 is 11.8 Å². The van der Waals surface area contributed by atoms with Crippen LogP contribution in [0.25, 0.3) is 0 Å². The summed E-state index contributed by atoms with van der Waals surface area (Å²) in [5.74, 6) is 1.09. The number of hydrogen-bond acceptors (Lipinski definition) is 4. The smallest absolute Gasteiger partial charge is 0.229 e. The van der Waals surface area contributed by atoms with Crippen molar-refractivity contribution in [2.24, 2.45) is 5.41 Å². The van der Waals surface area contributed by atoms with Crippen LogP contribution in [0.15, 0.2) is 0 Å². The maximum Gasteiger partial charge on any atom is 0.229 e. The third kappa shape index (κ3) is 3.26. The van der Waals surface area contributed by atoms with E-state index in [-0.39, 0.29) is 23.0 Å². The highest BCUT2D eigenvalue weighted by Gasteiger charge is 2.46. The minimum atomic E-state index is -0.308. The molecule has 2 heterocycles. The lowest BCUT2D eigenvalue weighted by molar-refractivity contribution is -0.171. The zero-order valence-electron chi connectivity index (χ0n) is 12.4. The molecule has 4 nitrogen and oxygen atoms in total. The third-order valence-corrected chi connectivity index (χ3v) is 4.86. The molecule has 0 saturated carbocycles. The molecule has 0 bridgehead atoms. The molecule has 2 fully saturated rings. The van der Waals surface area contributed by atoms with Gasteiger partial charge in [0.15, 0.2) is 0 Å². The fourth-order valence-electron chi connectivity index (χ4n) is 3.04. The van der Waals surface area contributed by atoms with E-state index in [0.29, 0.717) is 19.7 Å². The van der Waals surface area contributed by atoms with Crippen LogP contribution in [-0.2, 0) is 14.3 Å². The first kappa shape index (κ1) is 15.1. The molecule has 0 aromatic carbocycles. The molecule has 2 atom stereocenters. The van der Waals surface area contributed by atoms with Crippen LogP contribution in [0.4, 0.5) is 0 Å². The molecule has 1 spiro atoms. The summed E-state index contributed by atoms with van der Waals surface area (Å²) >= 11 is 1.72. The van der Waals surface area contributed by atoms with E-state index in [9.17, 15) is 4.79 Å². The van der Waals surface area contributed by atoms with Gasteiger partial charge in [0.2, 0.25) is 5.91 Å². The van der Waals surface area contributed by atoms with Crippen LogP contribution in [-0.4, -0.2) is 60.8 Å². The van der Waals surface area contributed by atoms with Crippen molar-refractivity contribution < 1.29 is 14.3 Å². The Balaban J connectivity index is 2.09. The van der Waals surface area contributed by atoms with Gasteiger partial charge in [0.05, 0.1) is 24.7 Å². The summed E-state index contributed by atoms with van der Waals surface area (Å²) < 4.78 is 11.5. The number of hydrogen-bond donors (Lipinski definition) is 0. The molecule has 1 amide bonds. The Morgan fingerprint density at radius 2 is 2.26 bits per heavy atom. The second-order valence-corrected chi connectivity index (χ2v) is 7.28. The number of nitrogens with zero attached hydrogens (tertiary/aromatic N) is 1. The number of morpholine rings is 1. The van der Waals surface area contributed by atoms with Crippen LogP contribution in [0.1, 0.15) is 27.2 Å². The molecule has 2 saturated heterocycles. The standard InChI is InChI=1S/C14H25NO3S/c1-11-7-15(12(16)13(2,3)10-19-4)8-14(18-11)5-6-17-9-14/h11H,5-10H2,1-4H3/t11-,14-/m1/s1. The molecular weight excluding hydrogens is 262 g/mol. The van der Waals surface area contributed by atoms with Gasteiger partial charge in [0.1, 0.15) is 5.60 Å². The van der Waals surface area contributed by atoms with Crippen molar-refractivity contribution in [2.75, 3.05) is 38.3 Å². The van der Waals surface area contributed by atoms with Crippen LogP contribution in [0.5, 0.6) is 0 Å². The zero-order valence-corrected chi connectivity index (χ0v) is 13.2. The van der Waals surface area contributed by atoms with Gasteiger partial charge in [-0.3, -0.25) is 4.79 Å². The average Bonchev–Trinajstić information content (AvgIpc) is 2.74. The van der Waals surface area contributed by atoms with E-state index in [4.69, 9.17) is 9.47 Å². The first-order valence-corrected chi connectivity index (χ1v) is 8.32. The van der Waals surface area contributed by atoms with Crippen molar-refractivity contribution in [1.82, 2.24) is 4.90 Å². The lowest BCUT2D eigenvalue weighted by atomic mass is 9.91. The average molecular weight is 287 g/mol. The summed E-state index contributed by atoms with van der Waals surface area (Å²) in [6, 6.07) is 0. The molecule has 2 aliphatic rings. The summed E-state index contributed by atoms with van der Waals surface area (Å²) in [5, 5.41) is 0. The number of carbonyl (C=O) groups excluding carboxylic acids is 1. The van der Waals surface area contributed by atoms with Crippen molar-refractivity contribution in [3.8, 4) is 0 Å². The Kier molecular flexibility index (Phi) is 4.48. The molecule has 110 valence electrons. The van der Waals surface area contributed by atoms with Gasteiger partial charge in [-0.15, -0.1) is 0 Å². The van der Waals surface area contributed by atoms with E-state index < -0.39 is 0 Å². The molecule has 0 radical (unpaired) electrons. The minimum absolute atomic E-state index is 0.0875. The number of amides is 1. The summed E-state index contributed by atoms with van der Waals surface area (Å²) in [4.78, 5) is 14.7. The summed E-state index contributed by atoms with van der Waals surface area (Å²) in [7, 11) is 0. The topological polar surface area (TPSA) is 38.8 Å². The zero-order chi connectivity index (χ0) is 14.1. The van der Waals surface area contributed by atoms with Crippen molar-refractivity contribution in [1.29, 1.82) is 0 Å². The molecule has 5 heteroatoms. The Labute approximate surface area is 120 Å². The largest absolute Gasteiger partial charge is 0.378 e. The van der Waals surface area contributed by atoms with Crippen LogP contribution in [0.2, 0.25) is 0 Å². The second kappa shape index (κ2) is 5.62. The van der Waals surface area contributed by atoms with E-state index >= 15 is 0 Å². The predicted octanol–water partition coefficient (Wildman–Crippen LogP) is 1.78. The fourth-order valence-corrected chi connectivity index (χ4v) is 3.88. The van der Waals surface area contributed by atoms with Gasteiger partial charge in [-0.05, 0) is 13.2 Å². The second-order valence-electron chi connectivity index (χ2n) is 6.42. The van der Waals surface area contributed by atoms with Crippen LogP contribution < -0.4 is 0 Å². The number of rotatable bonds is 3. The molecule has 2 rings (SSSR count). The molecule has 0 aromatic rings. The molecule has 0 unspecified atom stereocenters.